The standard InChI is InChI=1S/C24H23BrN2O/c1-18-9-8-10-19(17-18)28-16-7-6-15-27-23-14-5-4-13-22(23)26-24(27)20-11-2-3-12-21(20)25/h2-5,8-14,17H,6-7,15-16H2,1H3. The molecule has 0 radical (unpaired) electrons. The Bertz CT molecular complexity index is 1090. The van der Waals surface area contributed by atoms with Gasteiger partial charge in [-0.1, -0.05) is 58.4 Å². The molecule has 0 saturated carbocycles. The Morgan fingerprint density at radius 2 is 1.75 bits per heavy atom. The molecule has 0 unspecified atom stereocenters. The topological polar surface area (TPSA) is 27.1 Å². The van der Waals surface area contributed by atoms with Gasteiger partial charge in [0, 0.05) is 16.6 Å². The minimum atomic E-state index is 0.723. The Morgan fingerprint density at radius 3 is 2.61 bits per heavy atom. The van der Waals surface area contributed by atoms with Crippen molar-refractivity contribution in [2.45, 2.75) is 26.3 Å². The van der Waals surface area contributed by atoms with Gasteiger partial charge in [0.2, 0.25) is 0 Å². The summed E-state index contributed by atoms with van der Waals surface area (Å²) in [4.78, 5) is 4.90. The summed E-state index contributed by atoms with van der Waals surface area (Å²) in [5.41, 5.74) is 4.55. The van der Waals surface area contributed by atoms with Crippen molar-refractivity contribution in [2.75, 3.05) is 6.61 Å². The second-order valence-electron chi connectivity index (χ2n) is 6.93. The van der Waals surface area contributed by atoms with E-state index in [0.717, 1.165) is 53.1 Å². The molecule has 3 nitrogen and oxygen atoms in total. The van der Waals surface area contributed by atoms with Crippen LogP contribution in [0.15, 0.2) is 77.3 Å². The van der Waals surface area contributed by atoms with Crippen molar-refractivity contribution in [1.29, 1.82) is 0 Å². The van der Waals surface area contributed by atoms with E-state index in [1.165, 1.54) is 11.1 Å². The highest BCUT2D eigenvalue weighted by molar-refractivity contribution is 9.10. The molecule has 0 fully saturated rings. The van der Waals surface area contributed by atoms with Crippen LogP contribution in [0.2, 0.25) is 0 Å². The third-order valence-corrected chi connectivity index (χ3v) is 5.50. The molecule has 4 heteroatoms. The van der Waals surface area contributed by atoms with Gasteiger partial charge in [-0.15, -0.1) is 0 Å². The zero-order valence-electron chi connectivity index (χ0n) is 15.9. The van der Waals surface area contributed by atoms with Gasteiger partial charge in [0.25, 0.3) is 0 Å². The first-order valence-corrected chi connectivity index (χ1v) is 10.4. The average Bonchev–Trinajstić information content (AvgIpc) is 3.07. The van der Waals surface area contributed by atoms with E-state index in [4.69, 9.17) is 9.72 Å². The smallest absolute Gasteiger partial charge is 0.142 e. The molecule has 0 aliphatic heterocycles. The maximum Gasteiger partial charge on any atom is 0.142 e. The second kappa shape index (κ2) is 8.61. The predicted octanol–water partition coefficient (Wildman–Crippen LogP) is 6.63. The molecule has 0 atom stereocenters. The maximum absolute atomic E-state index is 5.90. The highest BCUT2D eigenvalue weighted by Crippen LogP contribution is 2.30. The summed E-state index contributed by atoms with van der Waals surface area (Å²) in [6, 6.07) is 24.8. The number of hydrogen-bond donors (Lipinski definition) is 0. The van der Waals surface area contributed by atoms with Crippen LogP contribution in [0.5, 0.6) is 5.75 Å². The van der Waals surface area contributed by atoms with Crippen molar-refractivity contribution in [1.82, 2.24) is 9.55 Å². The van der Waals surface area contributed by atoms with E-state index in [2.05, 4.69) is 76.0 Å². The molecular formula is C24H23BrN2O. The Hall–Kier alpha value is -2.59. The van der Waals surface area contributed by atoms with E-state index in [0.29, 0.717) is 0 Å². The number of halogens is 1. The fourth-order valence-corrected chi connectivity index (χ4v) is 3.88. The molecule has 142 valence electrons. The highest BCUT2D eigenvalue weighted by atomic mass is 79.9. The molecule has 0 spiro atoms. The summed E-state index contributed by atoms with van der Waals surface area (Å²) >= 11 is 3.68. The number of imidazole rings is 1. The molecular weight excluding hydrogens is 412 g/mol. The number of ether oxygens (including phenoxy) is 1. The summed E-state index contributed by atoms with van der Waals surface area (Å²) in [5, 5.41) is 0. The predicted molar refractivity (Wildman–Crippen MR) is 119 cm³/mol. The van der Waals surface area contributed by atoms with Crippen LogP contribution < -0.4 is 4.74 Å². The molecule has 0 aliphatic rings. The Kier molecular flexibility index (Phi) is 5.77. The van der Waals surface area contributed by atoms with Crippen molar-refractivity contribution in [3.05, 3.63) is 82.8 Å². The van der Waals surface area contributed by atoms with E-state index in [9.17, 15) is 0 Å². The van der Waals surface area contributed by atoms with Crippen LogP contribution in [0.1, 0.15) is 18.4 Å². The first kappa shape index (κ1) is 18.8. The van der Waals surface area contributed by atoms with Gasteiger partial charge in [0.15, 0.2) is 0 Å². The SMILES string of the molecule is Cc1cccc(OCCCCn2c(-c3ccccc3Br)nc3ccccc32)c1. The van der Waals surface area contributed by atoms with Crippen LogP contribution >= 0.6 is 15.9 Å². The molecule has 0 aliphatic carbocycles. The number of para-hydroxylation sites is 2. The van der Waals surface area contributed by atoms with E-state index < -0.39 is 0 Å². The third kappa shape index (κ3) is 4.12. The van der Waals surface area contributed by atoms with Crippen LogP contribution in [0.4, 0.5) is 0 Å². The number of aryl methyl sites for hydroxylation is 2. The van der Waals surface area contributed by atoms with E-state index in [-0.39, 0.29) is 0 Å². The fourth-order valence-electron chi connectivity index (χ4n) is 3.42. The molecule has 0 N–H and O–H groups in total. The fraction of sp³-hybridized carbons (Fsp3) is 0.208. The van der Waals surface area contributed by atoms with Crippen LogP contribution in [0.3, 0.4) is 0 Å². The largest absolute Gasteiger partial charge is 0.494 e. The van der Waals surface area contributed by atoms with Gasteiger partial charge in [0.1, 0.15) is 11.6 Å². The van der Waals surface area contributed by atoms with Crippen LogP contribution in [0.25, 0.3) is 22.4 Å². The Balaban J connectivity index is 1.48. The summed E-state index contributed by atoms with van der Waals surface area (Å²) in [7, 11) is 0. The summed E-state index contributed by atoms with van der Waals surface area (Å²) in [6.07, 6.45) is 2.03. The molecule has 1 aromatic heterocycles. The van der Waals surface area contributed by atoms with Gasteiger partial charge < -0.3 is 9.30 Å². The Labute approximate surface area is 174 Å². The number of rotatable bonds is 7. The molecule has 0 bridgehead atoms. The first-order valence-electron chi connectivity index (χ1n) is 9.62. The third-order valence-electron chi connectivity index (χ3n) is 4.80. The van der Waals surface area contributed by atoms with E-state index in [1.54, 1.807) is 0 Å². The number of hydrogen-bond acceptors (Lipinski definition) is 2. The molecule has 0 saturated heterocycles. The molecule has 1 heterocycles. The number of fused-ring (bicyclic) bond motifs is 1. The minimum Gasteiger partial charge on any atom is -0.494 e. The van der Waals surface area contributed by atoms with Gasteiger partial charge >= 0.3 is 0 Å². The quantitative estimate of drug-likeness (QED) is 0.305. The summed E-state index contributed by atoms with van der Waals surface area (Å²) in [5.74, 6) is 1.95. The monoisotopic (exact) mass is 434 g/mol. The Morgan fingerprint density at radius 1 is 0.929 bits per heavy atom. The lowest BCUT2D eigenvalue weighted by Crippen LogP contribution is -2.04. The van der Waals surface area contributed by atoms with Gasteiger partial charge in [-0.25, -0.2) is 4.98 Å². The molecule has 28 heavy (non-hydrogen) atoms. The minimum absolute atomic E-state index is 0.723. The van der Waals surface area contributed by atoms with Crippen molar-refractivity contribution in [3.8, 4) is 17.1 Å². The van der Waals surface area contributed by atoms with Crippen molar-refractivity contribution in [3.63, 3.8) is 0 Å². The summed E-state index contributed by atoms with van der Waals surface area (Å²) < 4.78 is 9.28. The van der Waals surface area contributed by atoms with Crippen LogP contribution in [-0.4, -0.2) is 16.2 Å². The van der Waals surface area contributed by atoms with Crippen LogP contribution in [-0.2, 0) is 6.54 Å². The highest BCUT2D eigenvalue weighted by Gasteiger charge is 2.14. The van der Waals surface area contributed by atoms with Gasteiger partial charge in [-0.05, 0) is 55.7 Å². The van der Waals surface area contributed by atoms with Crippen molar-refractivity contribution < 1.29 is 4.74 Å². The molecule has 4 rings (SSSR count). The van der Waals surface area contributed by atoms with Gasteiger partial charge in [-0.3, -0.25) is 0 Å². The molecule has 3 aromatic carbocycles. The zero-order valence-corrected chi connectivity index (χ0v) is 17.5. The first-order chi connectivity index (χ1) is 13.7. The number of aromatic nitrogens is 2. The maximum atomic E-state index is 5.90. The number of benzene rings is 3. The average molecular weight is 435 g/mol. The molecule has 0 amide bonds. The molecule has 4 aromatic rings. The number of nitrogens with zero attached hydrogens (tertiary/aromatic N) is 2. The number of unbranched alkanes of at least 4 members (excludes halogenated alkanes) is 1. The normalized spacial score (nSPS) is 11.1. The lowest BCUT2D eigenvalue weighted by atomic mass is 10.2. The zero-order chi connectivity index (χ0) is 19.3. The van der Waals surface area contributed by atoms with Gasteiger partial charge in [0.05, 0.1) is 17.6 Å². The lowest BCUT2D eigenvalue weighted by Gasteiger charge is -2.11. The van der Waals surface area contributed by atoms with Crippen LogP contribution in [0, 0.1) is 6.92 Å². The van der Waals surface area contributed by atoms with Crippen molar-refractivity contribution >= 4 is 27.0 Å². The van der Waals surface area contributed by atoms with E-state index >= 15 is 0 Å². The lowest BCUT2D eigenvalue weighted by molar-refractivity contribution is 0.303. The van der Waals surface area contributed by atoms with E-state index in [1.807, 2.05) is 24.3 Å². The van der Waals surface area contributed by atoms with Crippen molar-refractivity contribution in [2.24, 2.45) is 0 Å². The summed E-state index contributed by atoms with van der Waals surface area (Å²) in [6.45, 7) is 3.72. The van der Waals surface area contributed by atoms with Gasteiger partial charge in [-0.2, -0.15) is 0 Å². The second-order valence-corrected chi connectivity index (χ2v) is 7.78.